The molecule has 0 spiro atoms. The van der Waals surface area contributed by atoms with Gasteiger partial charge in [0.25, 0.3) is 0 Å². The molecule has 0 aliphatic heterocycles. The van der Waals surface area contributed by atoms with Crippen molar-refractivity contribution < 1.29 is 18.3 Å². The molecular weight excluding hydrogens is 270 g/mol. The molecule has 1 rings (SSSR count). The highest BCUT2D eigenvalue weighted by atomic mass is 79.9. The monoisotopic (exact) mass is 278 g/mol. The minimum atomic E-state index is -2.84. The molecule has 2 nitrogen and oxygen atoms in total. The molecule has 0 aliphatic carbocycles. The summed E-state index contributed by atoms with van der Waals surface area (Å²) >= 11 is 3.10. The van der Waals surface area contributed by atoms with Gasteiger partial charge in [-0.25, -0.2) is 0 Å². The Labute approximate surface area is 94.4 Å². The molecule has 5 heteroatoms. The van der Waals surface area contributed by atoms with Crippen LogP contribution >= 0.6 is 15.9 Å². The fourth-order valence-electron chi connectivity index (χ4n) is 1.12. The number of halogens is 3. The Hall–Kier alpha value is -0.970. The average molecular weight is 279 g/mol. The summed E-state index contributed by atoms with van der Waals surface area (Å²) in [6, 6.07) is 4.88. The Morgan fingerprint density at radius 3 is 2.80 bits per heavy atom. The average Bonchev–Trinajstić information content (AvgIpc) is 2.18. The molecule has 0 radical (unpaired) electrons. The van der Waals surface area contributed by atoms with Gasteiger partial charge >= 0.3 is 6.61 Å². The number of benzene rings is 1. The van der Waals surface area contributed by atoms with E-state index in [0.29, 0.717) is 17.3 Å². The predicted octanol–water partition coefficient (Wildman–Crippen LogP) is 3.18. The Balaban J connectivity index is 2.79. The third kappa shape index (κ3) is 3.95. The first-order valence-electron chi connectivity index (χ1n) is 4.30. The molecule has 0 saturated carbocycles. The SMILES string of the molecule is O=CCCc1ccc(Br)c(OC(F)F)c1. The summed E-state index contributed by atoms with van der Waals surface area (Å²) in [6.07, 6.45) is 1.68. The van der Waals surface area contributed by atoms with Gasteiger partial charge in [0, 0.05) is 6.42 Å². The minimum Gasteiger partial charge on any atom is -0.434 e. The molecule has 15 heavy (non-hydrogen) atoms. The maximum Gasteiger partial charge on any atom is 0.387 e. The van der Waals surface area contributed by atoms with Crippen LogP contribution in [0.15, 0.2) is 22.7 Å². The van der Waals surface area contributed by atoms with E-state index in [9.17, 15) is 13.6 Å². The van der Waals surface area contributed by atoms with Crippen LogP contribution in [-0.4, -0.2) is 12.9 Å². The number of aryl methyl sites for hydroxylation is 1. The summed E-state index contributed by atoms with van der Waals surface area (Å²) in [5, 5.41) is 0. The van der Waals surface area contributed by atoms with Gasteiger partial charge in [0.05, 0.1) is 4.47 Å². The van der Waals surface area contributed by atoms with Gasteiger partial charge in [-0.1, -0.05) is 6.07 Å². The van der Waals surface area contributed by atoms with E-state index >= 15 is 0 Å². The zero-order chi connectivity index (χ0) is 11.3. The van der Waals surface area contributed by atoms with Crippen molar-refractivity contribution in [1.29, 1.82) is 0 Å². The summed E-state index contributed by atoms with van der Waals surface area (Å²) in [5.74, 6) is 0.0911. The summed E-state index contributed by atoms with van der Waals surface area (Å²) in [6.45, 7) is -2.84. The Morgan fingerprint density at radius 1 is 1.47 bits per heavy atom. The predicted molar refractivity (Wildman–Crippen MR) is 55.2 cm³/mol. The van der Waals surface area contributed by atoms with Crippen LogP contribution in [0, 0.1) is 0 Å². The molecule has 0 N–H and O–H groups in total. The van der Waals surface area contributed by atoms with Crippen molar-refractivity contribution in [3.8, 4) is 5.75 Å². The Morgan fingerprint density at radius 2 is 2.20 bits per heavy atom. The highest BCUT2D eigenvalue weighted by Gasteiger charge is 2.08. The molecule has 0 aliphatic rings. The molecule has 0 unspecified atom stereocenters. The largest absolute Gasteiger partial charge is 0.434 e. The number of ether oxygens (including phenoxy) is 1. The van der Waals surface area contributed by atoms with Gasteiger partial charge in [-0.2, -0.15) is 8.78 Å². The van der Waals surface area contributed by atoms with Crippen LogP contribution in [0.1, 0.15) is 12.0 Å². The standard InChI is InChI=1S/C10H9BrF2O2/c11-8-4-3-7(2-1-5-14)6-9(8)15-10(12)13/h3-6,10H,1-2H2. The number of carbonyl (C=O) groups is 1. The highest BCUT2D eigenvalue weighted by Crippen LogP contribution is 2.27. The molecule has 0 atom stereocenters. The summed E-state index contributed by atoms with van der Waals surface area (Å²) < 4.78 is 28.7. The minimum absolute atomic E-state index is 0.0911. The molecule has 0 fully saturated rings. The van der Waals surface area contributed by atoms with Crippen molar-refractivity contribution >= 4 is 22.2 Å². The van der Waals surface area contributed by atoms with Crippen molar-refractivity contribution in [3.05, 3.63) is 28.2 Å². The molecule has 0 heterocycles. The lowest BCUT2D eigenvalue weighted by atomic mass is 10.1. The zero-order valence-corrected chi connectivity index (χ0v) is 9.34. The second kappa shape index (κ2) is 5.80. The first kappa shape index (κ1) is 12.1. The van der Waals surface area contributed by atoms with E-state index in [4.69, 9.17) is 0 Å². The molecule has 1 aromatic carbocycles. The van der Waals surface area contributed by atoms with Crippen LogP contribution < -0.4 is 4.74 Å². The van der Waals surface area contributed by atoms with Gasteiger partial charge in [-0.3, -0.25) is 0 Å². The molecular formula is C10H9BrF2O2. The second-order valence-corrected chi connectivity index (χ2v) is 3.70. The fraction of sp³-hybridized carbons (Fsp3) is 0.300. The molecule has 1 aromatic rings. The molecule has 0 bridgehead atoms. The number of hydrogen-bond donors (Lipinski definition) is 0. The summed E-state index contributed by atoms with van der Waals surface area (Å²) in [7, 11) is 0. The lowest BCUT2D eigenvalue weighted by Crippen LogP contribution is -2.03. The van der Waals surface area contributed by atoms with Crippen molar-refractivity contribution in [1.82, 2.24) is 0 Å². The number of hydrogen-bond acceptors (Lipinski definition) is 2. The molecule has 0 amide bonds. The quantitative estimate of drug-likeness (QED) is 0.774. The van der Waals surface area contributed by atoms with E-state index in [1.807, 2.05) is 0 Å². The van der Waals surface area contributed by atoms with Crippen molar-refractivity contribution in [2.24, 2.45) is 0 Å². The van der Waals surface area contributed by atoms with Crippen molar-refractivity contribution in [3.63, 3.8) is 0 Å². The maximum atomic E-state index is 12.0. The van der Waals surface area contributed by atoms with Crippen LogP contribution in [0.2, 0.25) is 0 Å². The number of aldehydes is 1. The highest BCUT2D eigenvalue weighted by molar-refractivity contribution is 9.10. The number of rotatable bonds is 5. The van der Waals surface area contributed by atoms with Gasteiger partial charge < -0.3 is 9.53 Å². The maximum absolute atomic E-state index is 12.0. The fourth-order valence-corrected chi connectivity index (χ4v) is 1.46. The van der Waals surface area contributed by atoms with Crippen LogP contribution in [0.3, 0.4) is 0 Å². The lowest BCUT2D eigenvalue weighted by Gasteiger charge is -2.08. The van der Waals surface area contributed by atoms with E-state index in [-0.39, 0.29) is 5.75 Å². The van der Waals surface area contributed by atoms with Crippen molar-refractivity contribution in [2.45, 2.75) is 19.5 Å². The first-order chi connectivity index (χ1) is 7.13. The number of alkyl halides is 2. The van der Waals surface area contributed by atoms with Crippen LogP contribution in [-0.2, 0) is 11.2 Å². The summed E-state index contributed by atoms with van der Waals surface area (Å²) in [4.78, 5) is 10.1. The van der Waals surface area contributed by atoms with E-state index in [1.165, 1.54) is 6.07 Å². The normalized spacial score (nSPS) is 10.4. The van der Waals surface area contributed by atoms with Gasteiger partial charge in [0.2, 0.25) is 0 Å². The van der Waals surface area contributed by atoms with Crippen LogP contribution in [0.25, 0.3) is 0 Å². The zero-order valence-electron chi connectivity index (χ0n) is 7.75. The van der Waals surface area contributed by atoms with Gasteiger partial charge in [0.1, 0.15) is 12.0 Å². The smallest absolute Gasteiger partial charge is 0.387 e. The van der Waals surface area contributed by atoms with E-state index in [1.54, 1.807) is 12.1 Å². The topological polar surface area (TPSA) is 26.3 Å². The molecule has 0 saturated heterocycles. The molecule has 82 valence electrons. The van der Waals surface area contributed by atoms with Gasteiger partial charge in [-0.15, -0.1) is 0 Å². The third-order valence-electron chi connectivity index (χ3n) is 1.76. The Kier molecular flexibility index (Phi) is 4.68. The lowest BCUT2D eigenvalue weighted by molar-refractivity contribution is -0.107. The number of carbonyl (C=O) groups excluding carboxylic acids is 1. The second-order valence-electron chi connectivity index (χ2n) is 2.85. The van der Waals surface area contributed by atoms with Crippen LogP contribution in [0.4, 0.5) is 8.78 Å². The van der Waals surface area contributed by atoms with E-state index < -0.39 is 6.61 Å². The van der Waals surface area contributed by atoms with E-state index in [0.717, 1.165) is 11.8 Å². The van der Waals surface area contributed by atoms with E-state index in [2.05, 4.69) is 20.7 Å². The van der Waals surface area contributed by atoms with Crippen molar-refractivity contribution in [2.75, 3.05) is 0 Å². The van der Waals surface area contributed by atoms with Crippen LogP contribution in [0.5, 0.6) is 5.75 Å². The first-order valence-corrected chi connectivity index (χ1v) is 5.09. The Bertz CT molecular complexity index is 342. The summed E-state index contributed by atoms with van der Waals surface area (Å²) in [5.41, 5.74) is 0.793. The molecule has 0 aromatic heterocycles. The third-order valence-corrected chi connectivity index (χ3v) is 2.42. The van der Waals surface area contributed by atoms with Gasteiger partial charge in [0.15, 0.2) is 0 Å². The van der Waals surface area contributed by atoms with Gasteiger partial charge in [-0.05, 0) is 40.0 Å².